The molecule has 23 heavy (non-hydrogen) atoms. The molecule has 0 saturated carbocycles. The van der Waals surface area contributed by atoms with Crippen molar-refractivity contribution in [2.45, 2.75) is 5.16 Å². The summed E-state index contributed by atoms with van der Waals surface area (Å²) < 4.78 is 0. The van der Waals surface area contributed by atoms with E-state index in [9.17, 15) is 4.79 Å². The van der Waals surface area contributed by atoms with Gasteiger partial charge in [0.05, 0.1) is 11.4 Å². The zero-order valence-electron chi connectivity index (χ0n) is 11.8. The number of halogens is 1. The third kappa shape index (κ3) is 4.51. The van der Waals surface area contributed by atoms with E-state index in [0.717, 1.165) is 11.3 Å². The first-order chi connectivity index (χ1) is 11.2. The SMILES string of the molecule is O=C(CSc1ncccn1)Nc1nc(-c2ccc(Cl)cc2)cs1. The number of thioether (sulfide) groups is 1. The monoisotopic (exact) mass is 362 g/mol. The van der Waals surface area contributed by atoms with E-state index < -0.39 is 0 Å². The van der Waals surface area contributed by atoms with Crippen LogP contribution in [-0.4, -0.2) is 26.6 Å². The summed E-state index contributed by atoms with van der Waals surface area (Å²) in [6.45, 7) is 0. The minimum absolute atomic E-state index is 0.139. The predicted octanol–water partition coefficient (Wildman–Crippen LogP) is 3.98. The Bertz CT molecular complexity index is 793. The van der Waals surface area contributed by atoms with E-state index in [2.05, 4.69) is 20.3 Å². The van der Waals surface area contributed by atoms with Gasteiger partial charge in [0.1, 0.15) is 0 Å². The van der Waals surface area contributed by atoms with Crippen LogP contribution in [0.4, 0.5) is 5.13 Å². The Balaban J connectivity index is 1.58. The molecule has 0 aliphatic carbocycles. The van der Waals surface area contributed by atoms with Crippen molar-refractivity contribution >= 4 is 45.7 Å². The van der Waals surface area contributed by atoms with E-state index >= 15 is 0 Å². The molecule has 116 valence electrons. The number of carbonyl (C=O) groups excluding carboxylic acids is 1. The van der Waals surface area contributed by atoms with Crippen LogP contribution in [0.5, 0.6) is 0 Å². The number of hydrogen-bond donors (Lipinski definition) is 1. The van der Waals surface area contributed by atoms with Gasteiger partial charge in [-0.25, -0.2) is 15.0 Å². The lowest BCUT2D eigenvalue weighted by atomic mass is 10.2. The van der Waals surface area contributed by atoms with Crippen molar-refractivity contribution in [2.75, 3.05) is 11.1 Å². The zero-order valence-corrected chi connectivity index (χ0v) is 14.2. The maximum atomic E-state index is 11.9. The summed E-state index contributed by atoms with van der Waals surface area (Å²) in [6.07, 6.45) is 3.29. The van der Waals surface area contributed by atoms with Crippen molar-refractivity contribution in [3.63, 3.8) is 0 Å². The maximum Gasteiger partial charge on any atom is 0.236 e. The summed E-state index contributed by atoms with van der Waals surface area (Å²) in [4.78, 5) is 24.5. The summed E-state index contributed by atoms with van der Waals surface area (Å²) >= 11 is 8.53. The van der Waals surface area contributed by atoms with Crippen molar-refractivity contribution in [3.8, 4) is 11.3 Å². The molecule has 0 bridgehead atoms. The van der Waals surface area contributed by atoms with Crippen LogP contribution >= 0.6 is 34.7 Å². The number of amides is 1. The Morgan fingerprint density at radius 3 is 2.70 bits per heavy atom. The summed E-state index contributed by atoms with van der Waals surface area (Å²) in [6, 6.07) is 9.14. The lowest BCUT2D eigenvalue weighted by Crippen LogP contribution is -2.14. The molecule has 3 aromatic rings. The van der Waals surface area contributed by atoms with Gasteiger partial charge in [0.25, 0.3) is 0 Å². The number of nitrogens with zero attached hydrogens (tertiary/aromatic N) is 3. The van der Waals surface area contributed by atoms with Crippen molar-refractivity contribution in [3.05, 3.63) is 53.1 Å². The smallest absolute Gasteiger partial charge is 0.236 e. The van der Waals surface area contributed by atoms with Crippen molar-refractivity contribution in [1.82, 2.24) is 15.0 Å². The van der Waals surface area contributed by atoms with Crippen LogP contribution in [0.1, 0.15) is 0 Å². The van der Waals surface area contributed by atoms with E-state index in [1.165, 1.54) is 23.1 Å². The molecule has 0 radical (unpaired) electrons. The van der Waals surface area contributed by atoms with Gasteiger partial charge in [-0.15, -0.1) is 11.3 Å². The lowest BCUT2D eigenvalue weighted by Gasteiger charge is -2.01. The Kier molecular flexibility index (Phi) is 5.22. The second kappa shape index (κ2) is 7.54. The normalized spacial score (nSPS) is 10.5. The standard InChI is InChI=1S/C15H11ClN4OS2/c16-11-4-2-10(3-5-11)12-8-22-15(19-12)20-13(21)9-23-14-17-6-1-7-18-14/h1-8H,9H2,(H,19,20,21). The largest absolute Gasteiger partial charge is 0.301 e. The number of thiazole rings is 1. The molecule has 1 amide bonds. The van der Waals surface area contributed by atoms with Crippen molar-refractivity contribution < 1.29 is 4.79 Å². The molecule has 0 aliphatic rings. The van der Waals surface area contributed by atoms with Gasteiger partial charge in [0.15, 0.2) is 10.3 Å². The van der Waals surface area contributed by atoms with Crippen LogP contribution in [0.15, 0.2) is 53.3 Å². The summed E-state index contributed by atoms with van der Waals surface area (Å²) in [7, 11) is 0. The van der Waals surface area contributed by atoms with Gasteiger partial charge >= 0.3 is 0 Å². The quantitative estimate of drug-likeness (QED) is 0.549. The maximum absolute atomic E-state index is 11.9. The summed E-state index contributed by atoms with van der Waals surface area (Å²) in [5.41, 5.74) is 1.76. The van der Waals surface area contributed by atoms with Crippen LogP contribution in [0.2, 0.25) is 5.02 Å². The van der Waals surface area contributed by atoms with Crippen LogP contribution in [0, 0.1) is 0 Å². The molecule has 0 saturated heterocycles. The zero-order chi connectivity index (χ0) is 16.1. The molecular weight excluding hydrogens is 352 g/mol. The van der Waals surface area contributed by atoms with E-state index in [1.54, 1.807) is 18.5 Å². The van der Waals surface area contributed by atoms with Crippen molar-refractivity contribution in [2.24, 2.45) is 0 Å². The molecule has 0 aliphatic heterocycles. The molecule has 0 spiro atoms. The molecule has 0 fully saturated rings. The molecule has 1 aromatic carbocycles. The highest BCUT2D eigenvalue weighted by atomic mass is 35.5. The van der Waals surface area contributed by atoms with E-state index in [1.807, 2.05) is 29.6 Å². The van der Waals surface area contributed by atoms with Gasteiger partial charge in [-0.05, 0) is 18.2 Å². The van der Waals surface area contributed by atoms with Gasteiger partial charge in [-0.2, -0.15) is 0 Å². The summed E-state index contributed by atoms with van der Waals surface area (Å²) in [5, 5.41) is 6.49. The van der Waals surface area contributed by atoms with Crippen LogP contribution in [-0.2, 0) is 4.79 Å². The predicted molar refractivity (Wildman–Crippen MR) is 93.9 cm³/mol. The molecule has 8 heteroatoms. The van der Waals surface area contributed by atoms with Gasteiger partial charge in [0.2, 0.25) is 5.91 Å². The Labute approximate surface area is 146 Å². The second-order valence-corrected chi connectivity index (χ2v) is 6.65. The molecule has 3 rings (SSSR count). The fraction of sp³-hybridized carbons (Fsp3) is 0.0667. The first-order valence-electron chi connectivity index (χ1n) is 6.62. The highest BCUT2D eigenvalue weighted by Crippen LogP contribution is 2.26. The van der Waals surface area contributed by atoms with Gasteiger partial charge in [-0.3, -0.25) is 4.79 Å². The second-order valence-electron chi connectivity index (χ2n) is 4.41. The van der Waals surface area contributed by atoms with E-state index in [4.69, 9.17) is 11.6 Å². The van der Waals surface area contributed by atoms with Gasteiger partial charge in [0, 0.05) is 28.4 Å². The number of aromatic nitrogens is 3. The third-order valence-electron chi connectivity index (χ3n) is 2.76. The molecule has 5 nitrogen and oxygen atoms in total. The molecule has 0 unspecified atom stereocenters. The first kappa shape index (κ1) is 15.9. The average molecular weight is 363 g/mol. The minimum Gasteiger partial charge on any atom is -0.301 e. The number of hydrogen-bond acceptors (Lipinski definition) is 6. The number of anilines is 1. The Morgan fingerprint density at radius 1 is 1.22 bits per heavy atom. The van der Waals surface area contributed by atoms with Gasteiger partial charge in [-0.1, -0.05) is 35.5 Å². The van der Waals surface area contributed by atoms with Crippen LogP contribution in [0.3, 0.4) is 0 Å². The Morgan fingerprint density at radius 2 is 1.96 bits per heavy atom. The molecular formula is C15H11ClN4OS2. The molecule has 1 N–H and O–H groups in total. The topological polar surface area (TPSA) is 67.8 Å². The third-order valence-corrected chi connectivity index (χ3v) is 4.65. The minimum atomic E-state index is -0.139. The molecule has 2 heterocycles. The fourth-order valence-corrected chi connectivity index (χ4v) is 3.19. The lowest BCUT2D eigenvalue weighted by molar-refractivity contribution is -0.113. The highest BCUT2D eigenvalue weighted by molar-refractivity contribution is 7.99. The first-order valence-corrected chi connectivity index (χ1v) is 8.86. The number of carbonyl (C=O) groups is 1. The summed E-state index contributed by atoms with van der Waals surface area (Å²) in [5.74, 6) is 0.0966. The van der Waals surface area contributed by atoms with Crippen LogP contribution < -0.4 is 5.32 Å². The highest BCUT2D eigenvalue weighted by Gasteiger charge is 2.09. The van der Waals surface area contributed by atoms with Crippen molar-refractivity contribution in [1.29, 1.82) is 0 Å². The number of nitrogens with one attached hydrogen (secondary N) is 1. The fourth-order valence-electron chi connectivity index (χ4n) is 1.73. The average Bonchev–Trinajstić information content (AvgIpc) is 3.03. The number of rotatable bonds is 5. The van der Waals surface area contributed by atoms with E-state index in [-0.39, 0.29) is 11.7 Å². The van der Waals surface area contributed by atoms with Gasteiger partial charge < -0.3 is 5.32 Å². The Hall–Kier alpha value is -1.96. The number of benzene rings is 1. The molecule has 0 atom stereocenters. The molecule has 2 aromatic heterocycles. The van der Waals surface area contributed by atoms with Crippen LogP contribution in [0.25, 0.3) is 11.3 Å². The van der Waals surface area contributed by atoms with E-state index in [0.29, 0.717) is 15.3 Å².